The van der Waals surface area contributed by atoms with E-state index in [0.717, 1.165) is 61.4 Å². The van der Waals surface area contributed by atoms with Gasteiger partial charge in [-0.05, 0) is 53.2 Å². The number of nitrogens with zero attached hydrogens (tertiary/aromatic N) is 1. The van der Waals surface area contributed by atoms with Crippen LogP contribution in [0.1, 0.15) is 0 Å². The highest BCUT2D eigenvalue weighted by Crippen LogP contribution is 2.39. The Morgan fingerprint density at radius 2 is 1.23 bits per heavy atom. The molecule has 4 N–H and O–H groups in total. The molecule has 40 heavy (non-hydrogen) atoms. The standard InChI is InChI=1S/C34H23N5O/c1-2-8-21-19-28-25(17-20(21)7-1)23-9-3-5-11-27(23)39(28)34-33-32(35-15-16-36-33)31(37-38-34)22-13-14-30-26(18-22)24-10-4-6-12-29(24)40-30/h1-19,35-38H. The molecule has 0 atom stereocenters. The summed E-state index contributed by atoms with van der Waals surface area (Å²) in [6.45, 7) is 0. The van der Waals surface area contributed by atoms with Crippen molar-refractivity contribution >= 4 is 54.5 Å². The van der Waals surface area contributed by atoms with Gasteiger partial charge in [-0.1, -0.05) is 60.7 Å². The number of hydrogen-bond donors (Lipinski definition) is 4. The summed E-state index contributed by atoms with van der Waals surface area (Å²) in [7, 11) is 0. The first-order chi connectivity index (χ1) is 19.8. The molecule has 0 saturated carbocycles. The number of rotatable bonds is 2. The summed E-state index contributed by atoms with van der Waals surface area (Å²) >= 11 is 0. The number of aromatic amines is 4. The highest BCUT2D eigenvalue weighted by Gasteiger charge is 2.21. The van der Waals surface area contributed by atoms with Crippen molar-refractivity contribution in [2.24, 2.45) is 0 Å². The predicted molar refractivity (Wildman–Crippen MR) is 163 cm³/mol. The molecule has 7 aromatic rings. The Morgan fingerprint density at radius 3 is 2.12 bits per heavy atom. The van der Waals surface area contributed by atoms with E-state index >= 15 is 0 Å². The number of benzene rings is 5. The van der Waals surface area contributed by atoms with Gasteiger partial charge in [0.15, 0.2) is 5.82 Å². The van der Waals surface area contributed by atoms with Crippen LogP contribution in [0.25, 0.3) is 83.0 Å². The van der Waals surface area contributed by atoms with Gasteiger partial charge in [-0.2, -0.15) is 0 Å². The Balaban J connectivity index is 1.33. The predicted octanol–water partition coefficient (Wildman–Crippen LogP) is 9.04. The molecule has 0 spiro atoms. The summed E-state index contributed by atoms with van der Waals surface area (Å²) in [5.41, 5.74) is 7.98. The van der Waals surface area contributed by atoms with Gasteiger partial charge >= 0.3 is 0 Å². The molecule has 2 aromatic heterocycles. The maximum Gasteiger partial charge on any atom is 0.156 e. The third kappa shape index (κ3) is 2.93. The molecule has 6 nitrogen and oxygen atoms in total. The Labute approximate surface area is 227 Å². The van der Waals surface area contributed by atoms with Crippen LogP contribution in [0.3, 0.4) is 0 Å². The summed E-state index contributed by atoms with van der Waals surface area (Å²) in [4.78, 5) is 7.03. The summed E-state index contributed by atoms with van der Waals surface area (Å²) in [6.07, 6.45) is 3.86. The monoisotopic (exact) mass is 517 g/mol. The van der Waals surface area contributed by atoms with Crippen LogP contribution < -0.4 is 0 Å². The number of nitrogens with one attached hydrogen (secondary N) is 4. The fourth-order valence-corrected chi connectivity index (χ4v) is 6.19. The Morgan fingerprint density at radius 1 is 0.500 bits per heavy atom. The Kier molecular flexibility index (Phi) is 4.24. The highest BCUT2D eigenvalue weighted by molar-refractivity contribution is 6.14. The van der Waals surface area contributed by atoms with E-state index in [2.05, 4.69) is 104 Å². The van der Waals surface area contributed by atoms with Crippen LogP contribution in [0.4, 0.5) is 0 Å². The highest BCUT2D eigenvalue weighted by atomic mass is 16.3. The molecular weight excluding hydrogens is 494 g/mol. The molecule has 0 aliphatic carbocycles. The van der Waals surface area contributed by atoms with Gasteiger partial charge in [0.05, 0.1) is 22.4 Å². The second kappa shape index (κ2) is 7.94. The largest absolute Gasteiger partial charge is 0.456 e. The average Bonchev–Trinajstić information content (AvgIpc) is 3.54. The van der Waals surface area contributed by atoms with Crippen LogP contribution in [-0.2, 0) is 0 Å². The minimum atomic E-state index is 0.878. The van der Waals surface area contributed by atoms with Gasteiger partial charge in [0.2, 0.25) is 0 Å². The molecule has 4 heterocycles. The van der Waals surface area contributed by atoms with E-state index < -0.39 is 0 Å². The SMILES string of the molecule is c1ccc2cc3c(cc2c1)c1ccccc1n3-c1[nH][nH]c(-c2ccc3oc4ccccc4c3c2)c2[nH]cc[nH]c1-2. The summed E-state index contributed by atoms with van der Waals surface area (Å²) in [5.74, 6) is 0.923. The first-order valence-corrected chi connectivity index (χ1v) is 13.4. The van der Waals surface area contributed by atoms with Crippen LogP contribution in [0.2, 0.25) is 0 Å². The van der Waals surface area contributed by atoms with Crippen LogP contribution in [-0.4, -0.2) is 24.7 Å². The fraction of sp³-hybridized carbons (Fsp3) is 0. The second-order valence-corrected chi connectivity index (χ2v) is 10.2. The average molecular weight is 518 g/mol. The van der Waals surface area contributed by atoms with Gasteiger partial charge in [-0.3, -0.25) is 14.8 Å². The van der Waals surface area contributed by atoms with Crippen molar-refractivity contribution in [1.82, 2.24) is 24.7 Å². The fourth-order valence-electron chi connectivity index (χ4n) is 6.19. The minimum Gasteiger partial charge on any atom is -0.456 e. The van der Waals surface area contributed by atoms with Gasteiger partial charge in [-0.15, -0.1) is 0 Å². The van der Waals surface area contributed by atoms with E-state index in [-0.39, 0.29) is 0 Å². The third-order valence-corrected chi connectivity index (χ3v) is 8.01. The minimum absolute atomic E-state index is 0.878. The van der Waals surface area contributed by atoms with Gasteiger partial charge in [0.1, 0.15) is 16.9 Å². The quantitative estimate of drug-likeness (QED) is 0.181. The topological polar surface area (TPSA) is 81.2 Å². The van der Waals surface area contributed by atoms with E-state index in [4.69, 9.17) is 4.42 Å². The molecule has 0 fully saturated rings. The van der Waals surface area contributed by atoms with Crippen molar-refractivity contribution in [2.75, 3.05) is 0 Å². The lowest BCUT2D eigenvalue weighted by atomic mass is 10.0. The molecule has 2 aliphatic heterocycles. The number of aromatic nitrogens is 5. The lowest BCUT2D eigenvalue weighted by molar-refractivity contribution is 0.669. The molecule has 9 rings (SSSR count). The van der Waals surface area contributed by atoms with Crippen molar-refractivity contribution in [1.29, 1.82) is 0 Å². The zero-order valence-electron chi connectivity index (χ0n) is 21.3. The summed E-state index contributed by atoms with van der Waals surface area (Å²) < 4.78 is 8.38. The molecular formula is C34H23N5O. The number of H-pyrrole nitrogens is 4. The van der Waals surface area contributed by atoms with E-state index in [1.54, 1.807) is 0 Å². The number of fused-ring (bicyclic) bond motifs is 8. The maximum absolute atomic E-state index is 6.08. The van der Waals surface area contributed by atoms with Crippen molar-refractivity contribution in [3.8, 4) is 28.5 Å². The number of para-hydroxylation sites is 2. The van der Waals surface area contributed by atoms with Crippen LogP contribution >= 0.6 is 0 Å². The number of furan rings is 1. The molecule has 0 radical (unpaired) electrons. The molecule has 0 amide bonds. The molecule has 6 heteroatoms. The van der Waals surface area contributed by atoms with Crippen LogP contribution in [0.5, 0.6) is 0 Å². The summed E-state index contributed by atoms with van der Waals surface area (Å²) in [6, 6.07) is 36.2. The van der Waals surface area contributed by atoms with Gasteiger partial charge in [-0.25, -0.2) is 0 Å². The van der Waals surface area contributed by atoms with Gasteiger partial charge < -0.3 is 14.4 Å². The van der Waals surface area contributed by atoms with Crippen molar-refractivity contribution in [3.05, 3.63) is 116 Å². The van der Waals surface area contributed by atoms with Crippen LogP contribution in [0.15, 0.2) is 120 Å². The molecule has 5 aromatic carbocycles. The van der Waals surface area contributed by atoms with Crippen molar-refractivity contribution < 1.29 is 4.42 Å². The van der Waals surface area contributed by atoms with Crippen LogP contribution in [0, 0.1) is 0 Å². The van der Waals surface area contributed by atoms with E-state index in [9.17, 15) is 0 Å². The molecule has 0 bridgehead atoms. The molecule has 0 saturated heterocycles. The number of hydrogen-bond acceptors (Lipinski definition) is 1. The normalized spacial score (nSPS) is 12.0. The lowest BCUT2D eigenvalue weighted by Gasteiger charge is -2.19. The zero-order chi connectivity index (χ0) is 26.2. The first-order valence-electron chi connectivity index (χ1n) is 13.4. The lowest BCUT2D eigenvalue weighted by Crippen LogP contribution is -2.08. The van der Waals surface area contributed by atoms with Crippen molar-refractivity contribution in [3.63, 3.8) is 0 Å². The Hall–Kier alpha value is -5.62. The third-order valence-electron chi connectivity index (χ3n) is 8.01. The Bertz CT molecular complexity index is 2400. The van der Waals surface area contributed by atoms with Gasteiger partial charge in [0, 0.05) is 39.5 Å². The van der Waals surface area contributed by atoms with Crippen molar-refractivity contribution in [2.45, 2.75) is 0 Å². The molecule has 0 unspecified atom stereocenters. The van der Waals surface area contributed by atoms with E-state index in [1.165, 1.54) is 21.5 Å². The first kappa shape index (κ1) is 21.3. The van der Waals surface area contributed by atoms with Gasteiger partial charge in [0.25, 0.3) is 0 Å². The molecule has 2 aliphatic rings. The second-order valence-electron chi connectivity index (χ2n) is 10.2. The zero-order valence-corrected chi connectivity index (χ0v) is 21.3. The smallest absolute Gasteiger partial charge is 0.156 e. The summed E-state index contributed by atoms with van der Waals surface area (Å²) in [5, 5.41) is 14.2. The van der Waals surface area contributed by atoms with E-state index in [0.29, 0.717) is 0 Å². The van der Waals surface area contributed by atoms with E-state index in [1.807, 2.05) is 36.7 Å². The molecule has 190 valence electrons. The maximum atomic E-state index is 6.08.